The average Bonchev–Trinajstić information content (AvgIpc) is 3.30. The summed E-state index contributed by atoms with van der Waals surface area (Å²) in [7, 11) is 0. The van der Waals surface area contributed by atoms with Crippen molar-refractivity contribution in [3.63, 3.8) is 0 Å². The minimum Gasteiger partial charge on any atom is -0.360 e. The molecule has 0 saturated carbocycles. The van der Waals surface area contributed by atoms with Gasteiger partial charge in [-0.3, -0.25) is 9.69 Å². The number of hydrogen-bond donors (Lipinski definition) is 3. The lowest BCUT2D eigenvalue weighted by Crippen LogP contribution is -2.30. The molecular weight excluding hydrogens is 320 g/mol. The summed E-state index contributed by atoms with van der Waals surface area (Å²) in [6, 6.07) is 9.27. The molecule has 0 aliphatic carbocycles. The Bertz CT molecular complexity index is 787. The molecule has 2 heterocycles. The number of nitriles is 1. The summed E-state index contributed by atoms with van der Waals surface area (Å²) in [6.45, 7) is 2.37. The second-order valence-electron chi connectivity index (χ2n) is 5.66. The second kappa shape index (κ2) is 8.03. The van der Waals surface area contributed by atoms with E-state index in [4.69, 9.17) is 5.26 Å². The summed E-state index contributed by atoms with van der Waals surface area (Å²) in [5.41, 5.74) is 1.67. The fourth-order valence-electron chi connectivity index (χ4n) is 2.61. The summed E-state index contributed by atoms with van der Waals surface area (Å²) in [5.74, 6) is 0.184. The Morgan fingerprint density at radius 3 is 2.88 bits per heavy atom. The van der Waals surface area contributed by atoms with E-state index in [0.717, 1.165) is 31.6 Å². The highest BCUT2D eigenvalue weighted by Gasteiger charge is 2.15. The molecule has 1 aliphatic heterocycles. The number of carbonyl (C=O) groups is 1. The number of hydrogen-bond acceptors (Lipinski definition) is 7. The molecule has 1 aromatic heterocycles. The molecule has 128 valence electrons. The third-order valence-electron chi connectivity index (χ3n) is 3.80. The molecule has 1 fully saturated rings. The zero-order chi connectivity index (χ0) is 17.5. The van der Waals surface area contributed by atoms with Crippen LogP contribution in [0, 0.1) is 11.3 Å². The molecule has 1 amide bonds. The van der Waals surface area contributed by atoms with Crippen molar-refractivity contribution >= 4 is 22.9 Å². The number of amides is 1. The van der Waals surface area contributed by atoms with Gasteiger partial charge < -0.3 is 10.6 Å². The van der Waals surface area contributed by atoms with Gasteiger partial charge in [0, 0.05) is 17.6 Å². The minimum absolute atomic E-state index is 0.0286. The van der Waals surface area contributed by atoms with Crippen molar-refractivity contribution in [2.24, 2.45) is 0 Å². The monoisotopic (exact) mass is 338 g/mol. The molecule has 0 unspecified atom stereocenters. The number of nitrogens with one attached hydrogen (secondary N) is 3. The number of nitrogens with zero attached hydrogens (tertiary/aromatic N) is 5. The predicted molar refractivity (Wildman–Crippen MR) is 92.1 cm³/mol. The molecule has 1 aromatic carbocycles. The SMILES string of the molecule is N#CC(=CNc1cccc(NC(=O)CN2CCCC2)c1)c1nn[nH]n1. The number of benzene rings is 1. The van der Waals surface area contributed by atoms with Crippen LogP contribution < -0.4 is 10.6 Å². The zero-order valence-electron chi connectivity index (χ0n) is 13.6. The van der Waals surface area contributed by atoms with Crippen molar-refractivity contribution in [3.8, 4) is 6.07 Å². The maximum absolute atomic E-state index is 12.1. The van der Waals surface area contributed by atoms with Crippen molar-refractivity contribution in [2.75, 3.05) is 30.3 Å². The van der Waals surface area contributed by atoms with Crippen LogP contribution >= 0.6 is 0 Å². The van der Waals surface area contributed by atoms with Gasteiger partial charge in [-0.15, -0.1) is 10.2 Å². The van der Waals surface area contributed by atoms with Crippen molar-refractivity contribution in [1.82, 2.24) is 25.5 Å². The van der Waals surface area contributed by atoms with Crippen molar-refractivity contribution < 1.29 is 4.79 Å². The highest BCUT2D eigenvalue weighted by molar-refractivity contribution is 5.92. The van der Waals surface area contributed by atoms with Gasteiger partial charge in [0.25, 0.3) is 0 Å². The number of rotatable bonds is 6. The maximum Gasteiger partial charge on any atom is 0.238 e. The van der Waals surface area contributed by atoms with Gasteiger partial charge in [0.1, 0.15) is 11.6 Å². The Morgan fingerprint density at radius 1 is 1.36 bits per heavy atom. The number of tetrazole rings is 1. The van der Waals surface area contributed by atoms with Crippen molar-refractivity contribution in [2.45, 2.75) is 12.8 Å². The number of anilines is 2. The number of H-pyrrole nitrogens is 1. The number of allylic oxidation sites excluding steroid dienone is 1. The van der Waals surface area contributed by atoms with E-state index in [1.807, 2.05) is 24.3 Å². The number of aromatic amines is 1. The third kappa shape index (κ3) is 4.62. The molecule has 9 nitrogen and oxygen atoms in total. The zero-order valence-corrected chi connectivity index (χ0v) is 13.6. The minimum atomic E-state index is -0.0286. The van der Waals surface area contributed by atoms with Gasteiger partial charge in [-0.25, -0.2) is 0 Å². The van der Waals surface area contributed by atoms with Crippen LogP contribution in [0.1, 0.15) is 18.7 Å². The van der Waals surface area contributed by atoms with E-state index in [0.29, 0.717) is 12.2 Å². The van der Waals surface area contributed by atoms with E-state index < -0.39 is 0 Å². The lowest BCUT2D eigenvalue weighted by molar-refractivity contribution is -0.117. The van der Waals surface area contributed by atoms with Gasteiger partial charge in [-0.1, -0.05) is 6.07 Å². The molecule has 2 aromatic rings. The summed E-state index contributed by atoms with van der Waals surface area (Å²) in [4.78, 5) is 14.2. The first kappa shape index (κ1) is 16.6. The topological polar surface area (TPSA) is 123 Å². The summed E-state index contributed by atoms with van der Waals surface area (Å²) in [5, 5.41) is 28.3. The molecule has 3 N–H and O–H groups in total. The van der Waals surface area contributed by atoms with Crippen LogP contribution in [0.25, 0.3) is 5.57 Å². The number of carbonyl (C=O) groups excluding carboxylic acids is 1. The summed E-state index contributed by atoms with van der Waals surface area (Å²) in [6.07, 6.45) is 3.80. The molecular formula is C16H18N8O. The summed E-state index contributed by atoms with van der Waals surface area (Å²) < 4.78 is 0. The van der Waals surface area contributed by atoms with E-state index >= 15 is 0 Å². The summed E-state index contributed by atoms with van der Waals surface area (Å²) >= 11 is 0. The van der Waals surface area contributed by atoms with Gasteiger partial charge in [0.05, 0.1) is 6.54 Å². The van der Waals surface area contributed by atoms with Crippen LogP contribution in [0.5, 0.6) is 0 Å². The molecule has 0 atom stereocenters. The lowest BCUT2D eigenvalue weighted by Gasteiger charge is -2.14. The van der Waals surface area contributed by atoms with Gasteiger partial charge in [0.2, 0.25) is 11.7 Å². The van der Waals surface area contributed by atoms with Crippen LogP contribution in [0.3, 0.4) is 0 Å². The predicted octanol–water partition coefficient (Wildman–Crippen LogP) is 1.21. The van der Waals surface area contributed by atoms with E-state index in [-0.39, 0.29) is 17.3 Å². The molecule has 0 bridgehead atoms. The smallest absolute Gasteiger partial charge is 0.238 e. The molecule has 25 heavy (non-hydrogen) atoms. The van der Waals surface area contributed by atoms with E-state index in [9.17, 15) is 4.79 Å². The molecule has 9 heteroatoms. The van der Waals surface area contributed by atoms with Crippen LogP contribution in [-0.2, 0) is 4.79 Å². The Hall–Kier alpha value is -3.25. The quantitative estimate of drug-likeness (QED) is 0.677. The van der Waals surface area contributed by atoms with Crippen LogP contribution in [0.2, 0.25) is 0 Å². The van der Waals surface area contributed by atoms with E-state index in [1.54, 1.807) is 6.07 Å². The second-order valence-corrected chi connectivity index (χ2v) is 5.66. The number of likely N-dealkylation sites (tertiary alicyclic amines) is 1. The Labute approximate surface area is 144 Å². The van der Waals surface area contributed by atoms with E-state index in [2.05, 4.69) is 36.2 Å². The normalized spacial score (nSPS) is 14.9. The Morgan fingerprint density at radius 2 is 2.16 bits per heavy atom. The van der Waals surface area contributed by atoms with Gasteiger partial charge in [-0.05, 0) is 49.3 Å². The maximum atomic E-state index is 12.1. The molecule has 1 saturated heterocycles. The highest BCUT2D eigenvalue weighted by Crippen LogP contribution is 2.17. The fraction of sp³-hybridized carbons (Fsp3) is 0.312. The standard InChI is InChI=1S/C16H18N8O/c17-9-12(16-20-22-23-21-16)10-18-13-4-3-5-14(8-13)19-15(25)11-24-6-1-2-7-24/h3-5,8,10,18H,1-2,6-7,11H2,(H,19,25)(H,20,21,22,23). The Balaban J connectivity index is 1.61. The first-order chi connectivity index (χ1) is 12.2. The van der Waals surface area contributed by atoms with Crippen molar-refractivity contribution in [3.05, 3.63) is 36.3 Å². The van der Waals surface area contributed by atoms with Crippen LogP contribution in [-0.4, -0.2) is 51.1 Å². The molecule has 0 spiro atoms. The van der Waals surface area contributed by atoms with E-state index in [1.165, 1.54) is 6.20 Å². The molecule has 0 radical (unpaired) electrons. The molecule has 3 rings (SSSR count). The fourth-order valence-corrected chi connectivity index (χ4v) is 2.61. The van der Waals surface area contributed by atoms with Gasteiger partial charge in [0.15, 0.2) is 0 Å². The highest BCUT2D eigenvalue weighted by atomic mass is 16.2. The Kier molecular flexibility index (Phi) is 5.33. The molecule has 1 aliphatic rings. The third-order valence-corrected chi connectivity index (χ3v) is 3.80. The lowest BCUT2D eigenvalue weighted by atomic mass is 10.2. The van der Waals surface area contributed by atoms with Gasteiger partial charge >= 0.3 is 0 Å². The van der Waals surface area contributed by atoms with Crippen LogP contribution in [0.15, 0.2) is 30.5 Å². The van der Waals surface area contributed by atoms with Crippen molar-refractivity contribution in [1.29, 1.82) is 5.26 Å². The average molecular weight is 338 g/mol. The van der Waals surface area contributed by atoms with Gasteiger partial charge in [-0.2, -0.15) is 10.5 Å². The first-order valence-corrected chi connectivity index (χ1v) is 7.97. The van der Waals surface area contributed by atoms with Crippen LogP contribution in [0.4, 0.5) is 11.4 Å². The number of aromatic nitrogens is 4. The first-order valence-electron chi connectivity index (χ1n) is 7.97. The largest absolute Gasteiger partial charge is 0.360 e.